The van der Waals surface area contributed by atoms with E-state index in [2.05, 4.69) is 19.7 Å². The molecule has 2 saturated heterocycles. The van der Waals surface area contributed by atoms with Crippen LogP contribution in [0.4, 0.5) is 0 Å². The Bertz CT molecular complexity index is 548. The van der Waals surface area contributed by atoms with Gasteiger partial charge in [0.25, 0.3) is 0 Å². The number of carbonyl (C=O) groups is 2. The highest BCUT2D eigenvalue weighted by atomic mass is 16.6. The lowest BCUT2D eigenvalue weighted by Gasteiger charge is -2.50. The number of rotatable bonds is 1. The highest BCUT2D eigenvalue weighted by Crippen LogP contribution is 2.54. The normalized spacial score (nSPS) is 43.5. The van der Waals surface area contributed by atoms with Crippen LogP contribution in [0.3, 0.4) is 0 Å². The van der Waals surface area contributed by atoms with Crippen molar-refractivity contribution in [1.82, 2.24) is 0 Å². The Morgan fingerprint density at radius 2 is 1.95 bits per heavy atom. The first-order valence-corrected chi connectivity index (χ1v) is 6.48. The molecule has 0 spiro atoms. The van der Waals surface area contributed by atoms with E-state index in [1.54, 1.807) is 6.08 Å². The Morgan fingerprint density at radius 1 is 1.25 bits per heavy atom. The van der Waals surface area contributed by atoms with Crippen molar-refractivity contribution in [3.63, 3.8) is 0 Å². The van der Waals surface area contributed by atoms with Gasteiger partial charge in [-0.1, -0.05) is 19.2 Å². The molecule has 5 atom stereocenters. The number of hydrogen-bond donors (Lipinski definition) is 1. The van der Waals surface area contributed by atoms with Crippen LogP contribution in [0, 0.1) is 17.3 Å². The number of fused-ring (bicyclic) bond motifs is 2. The molecule has 0 bridgehead atoms. The van der Waals surface area contributed by atoms with Crippen LogP contribution in [0.25, 0.3) is 0 Å². The van der Waals surface area contributed by atoms with Gasteiger partial charge in [0.2, 0.25) is 0 Å². The summed E-state index contributed by atoms with van der Waals surface area (Å²) in [5.74, 6) is -2.02. The molecular weight excluding hydrogens is 260 g/mol. The first-order chi connectivity index (χ1) is 9.41. The second-order valence-corrected chi connectivity index (χ2v) is 5.71. The zero-order valence-electron chi connectivity index (χ0n) is 11.0. The molecule has 0 aromatic rings. The number of aliphatic hydroxyl groups excluding tert-OH is 1. The van der Waals surface area contributed by atoms with Crippen molar-refractivity contribution < 1.29 is 24.2 Å². The molecule has 1 aliphatic carbocycles. The van der Waals surface area contributed by atoms with Gasteiger partial charge >= 0.3 is 11.9 Å². The van der Waals surface area contributed by atoms with E-state index in [1.165, 1.54) is 0 Å². The lowest BCUT2D eigenvalue weighted by atomic mass is 9.57. The predicted octanol–water partition coefficient (Wildman–Crippen LogP) is 0.750. The standard InChI is InChI=1S/C15H16O5/c1-4-15-5-9-10(7(2)14(18)20-9)12(16)11(15)8(3)13(17)19-6-15/h4,9-12,16H,1-3,5-6H2/t9-,10+,11+,12-,15+/m1/s1. The Morgan fingerprint density at radius 3 is 2.60 bits per heavy atom. The minimum atomic E-state index is -0.953. The second kappa shape index (κ2) is 4.06. The largest absolute Gasteiger partial charge is 0.461 e. The average Bonchev–Trinajstić information content (AvgIpc) is 2.69. The van der Waals surface area contributed by atoms with Crippen LogP contribution in [0.5, 0.6) is 0 Å². The van der Waals surface area contributed by atoms with Crippen LogP contribution in [0.15, 0.2) is 37.0 Å². The van der Waals surface area contributed by atoms with Gasteiger partial charge in [-0.15, -0.1) is 6.58 Å². The summed E-state index contributed by atoms with van der Waals surface area (Å²) in [4.78, 5) is 23.4. The molecule has 3 rings (SSSR count). The number of esters is 2. The van der Waals surface area contributed by atoms with Crippen molar-refractivity contribution in [3.8, 4) is 0 Å². The molecule has 0 aromatic carbocycles. The van der Waals surface area contributed by atoms with Crippen molar-refractivity contribution >= 4 is 11.9 Å². The Hall–Kier alpha value is -1.88. The highest BCUT2D eigenvalue weighted by Gasteiger charge is 2.60. The van der Waals surface area contributed by atoms with Gasteiger partial charge in [-0.05, 0) is 6.42 Å². The quantitative estimate of drug-likeness (QED) is 0.434. The molecule has 5 nitrogen and oxygen atoms in total. The van der Waals surface area contributed by atoms with E-state index in [9.17, 15) is 14.7 Å². The SMILES string of the molecule is C=C[C@]12COC(=O)C(=C)[C@H]1[C@H](O)[C@H]1C(=C)C(=O)O[C@@H]1C2. The predicted molar refractivity (Wildman–Crippen MR) is 69.4 cm³/mol. The van der Waals surface area contributed by atoms with E-state index in [4.69, 9.17) is 9.47 Å². The van der Waals surface area contributed by atoms with Gasteiger partial charge in [-0.2, -0.15) is 0 Å². The maximum atomic E-state index is 11.7. The molecule has 1 saturated carbocycles. The molecule has 106 valence electrons. The van der Waals surface area contributed by atoms with Crippen molar-refractivity contribution in [3.05, 3.63) is 37.0 Å². The molecule has 5 heteroatoms. The summed E-state index contributed by atoms with van der Waals surface area (Å²) in [5.41, 5.74) is -0.169. The van der Waals surface area contributed by atoms with Crippen LogP contribution in [0.1, 0.15) is 6.42 Å². The van der Waals surface area contributed by atoms with Crippen molar-refractivity contribution in [2.45, 2.75) is 18.6 Å². The third-order valence-corrected chi connectivity index (χ3v) is 4.75. The van der Waals surface area contributed by atoms with Gasteiger partial charge in [0.05, 0.1) is 12.0 Å². The lowest BCUT2D eigenvalue weighted by molar-refractivity contribution is -0.166. The molecule has 0 aromatic heterocycles. The third kappa shape index (κ3) is 1.47. The Kier molecular flexibility index (Phi) is 2.66. The summed E-state index contributed by atoms with van der Waals surface area (Å²) in [5, 5.41) is 10.6. The van der Waals surface area contributed by atoms with Crippen LogP contribution < -0.4 is 0 Å². The van der Waals surface area contributed by atoms with Gasteiger partial charge < -0.3 is 14.6 Å². The van der Waals surface area contributed by atoms with Gasteiger partial charge in [-0.3, -0.25) is 0 Å². The summed E-state index contributed by atoms with van der Waals surface area (Å²) in [7, 11) is 0. The van der Waals surface area contributed by atoms with Crippen molar-refractivity contribution in [1.29, 1.82) is 0 Å². The van der Waals surface area contributed by atoms with Gasteiger partial charge in [0.1, 0.15) is 12.7 Å². The minimum absolute atomic E-state index is 0.114. The monoisotopic (exact) mass is 276 g/mol. The van der Waals surface area contributed by atoms with E-state index in [1.807, 2.05) is 0 Å². The third-order valence-electron chi connectivity index (χ3n) is 4.75. The van der Waals surface area contributed by atoms with E-state index in [0.717, 1.165) is 0 Å². The number of carbonyl (C=O) groups excluding carboxylic acids is 2. The summed E-state index contributed by atoms with van der Waals surface area (Å²) >= 11 is 0. The molecule has 3 fully saturated rings. The highest BCUT2D eigenvalue weighted by molar-refractivity contribution is 5.92. The van der Waals surface area contributed by atoms with E-state index in [0.29, 0.717) is 6.42 Å². The molecule has 0 radical (unpaired) electrons. The molecule has 0 amide bonds. The second-order valence-electron chi connectivity index (χ2n) is 5.71. The van der Waals surface area contributed by atoms with Gasteiger partial charge in [-0.25, -0.2) is 9.59 Å². The van der Waals surface area contributed by atoms with Crippen LogP contribution in [-0.2, 0) is 19.1 Å². The Balaban J connectivity index is 2.06. The fourth-order valence-electron chi connectivity index (χ4n) is 3.68. The van der Waals surface area contributed by atoms with Crippen molar-refractivity contribution in [2.24, 2.45) is 17.3 Å². The number of ether oxygens (including phenoxy) is 2. The smallest absolute Gasteiger partial charge is 0.334 e. The molecule has 20 heavy (non-hydrogen) atoms. The number of aliphatic hydroxyl groups is 1. The van der Waals surface area contributed by atoms with Crippen LogP contribution in [-0.4, -0.2) is 35.9 Å². The molecule has 2 aliphatic heterocycles. The summed E-state index contributed by atoms with van der Waals surface area (Å²) < 4.78 is 10.4. The number of cyclic esters (lactones) is 1. The van der Waals surface area contributed by atoms with E-state index < -0.39 is 41.4 Å². The topological polar surface area (TPSA) is 72.8 Å². The van der Waals surface area contributed by atoms with Crippen LogP contribution in [0.2, 0.25) is 0 Å². The summed E-state index contributed by atoms with van der Waals surface area (Å²) in [6, 6.07) is 0. The van der Waals surface area contributed by atoms with Gasteiger partial charge in [0, 0.05) is 22.5 Å². The molecule has 0 unspecified atom stereocenters. The summed E-state index contributed by atoms with van der Waals surface area (Å²) in [6.45, 7) is 11.4. The van der Waals surface area contributed by atoms with E-state index >= 15 is 0 Å². The molecule has 3 aliphatic rings. The minimum Gasteiger partial charge on any atom is -0.461 e. The first kappa shape index (κ1) is 13.1. The lowest BCUT2D eigenvalue weighted by Crippen LogP contribution is -2.56. The van der Waals surface area contributed by atoms with Crippen LogP contribution >= 0.6 is 0 Å². The van der Waals surface area contributed by atoms with Crippen molar-refractivity contribution in [2.75, 3.05) is 6.61 Å². The molecule has 1 N–H and O–H groups in total. The summed E-state index contributed by atoms with van der Waals surface area (Å²) in [6.07, 6.45) is 0.707. The fourth-order valence-corrected chi connectivity index (χ4v) is 3.68. The average molecular weight is 276 g/mol. The Labute approximate surface area is 116 Å². The first-order valence-electron chi connectivity index (χ1n) is 6.48. The molecular formula is C15H16O5. The zero-order chi connectivity index (χ0) is 14.7. The maximum absolute atomic E-state index is 11.7. The zero-order valence-corrected chi connectivity index (χ0v) is 11.0. The fraction of sp³-hybridized carbons (Fsp3) is 0.467. The molecule has 2 heterocycles. The maximum Gasteiger partial charge on any atom is 0.334 e. The van der Waals surface area contributed by atoms with Gasteiger partial charge in [0.15, 0.2) is 0 Å². The van der Waals surface area contributed by atoms with E-state index in [-0.39, 0.29) is 17.8 Å². The number of hydrogen-bond acceptors (Lipinski definition) is 5.